The van der Waals surface area contributed by atoms with Crippen LogP contribution in [-0.2, 0) is 16.0 Å². The van der Waals surface area contributed by atoms with Crippen LogP contribution in [0.5, 0.6) is 0 Å². The molecule has 6 nitrogen and oxygen atoms in total. The number of anilines is 3. The van der Waals surface area contributed by atoms with Gasteiger partial charge in [-0.15, -0.1) is 11.3 Å². The zero-order valence-corrected chi connectivity index (χ0v) is 18.6. The number of nitrogens with one attached hydrogen (secondary N) is 1. The Kier molecular flexibility index (Phi) is 6.18. The van der Waals surface area contributed by atoms with Gasteiger partial charge < -0.3 is 5.32 Å². The monoisotopic (exact) mass is 470 g/mol. The number of rotatable bonds is 5. The van der Waals surface area contributed by atoms with E-state index in [2.05, 4.69) is 15.3 Å². The predicted molar refractivity (Wildman–Crippen MR) is 125 cm³/mol. The molecule has 0 unspecified atom stereocenters. The number of pyridine rings is 1. The zero-order chi connectivity index (χ0) is 22.0. The number of hydrogen-bond donors (Lipinski definition) is 1. The van der Waals surface area contributed by atoms with Crippen molar-refractivity contribution in [3.8, 4) is 0 Å². The number of halogens is 2. The largest absolute Gasteiger partial charge is 0.326 e. The van der Waals surface area contributed by atoms with Gasteiger partial charge in [-0.1, -0.05) is 29.3 Å². The van der Waals surface area contributed by atoms with E-state index < -0.39 is 0 Å². The summed E-state index contributed by atoms with van der Waals surface area (Å²) in [5.74, 6) is -0.116. The lowest BCUT2D eigenvalue weighted by molar-refractivity contribution is -0.116. The van der Waals surface area contributed by atoms with Gasteiger partial charge in [0.05, 0.1) is 27.8 Å². The maximum Gasteiger partial charge on any atom is 0.229 e. The first kappa shape index (κ1) is 21.2. The predicted octanol–water partition coefficient (Wildman–Crippen LogP) is 5.86. The molecule has 4 rings (SSSR count). The number of nitrogens with zero attached hydrogens (tertiary/aromatic N) is 3. The number of benzene rings is 2. The van der Waals surface area contributed by atoms with Crippen LogP contribution in [0.2, 0.25) is 10.0 Å². The second-order valence-corrected chi connectivity index (χ2v) is 8.39. The first-order valence-corrected chi connectivity index (χ1v) is 10.9. The minimum atomic E-state index is -0.287. The molecule has 156 valence electrons. The van der Waals surface area contributed by atoms with Crippen LogP contribution in [0.25, 0.3) is 10.2 Å². The number of amides is 2. The van der Waals surface area contributed by atoms with Gasteiger partial charge in [-0.2, -0.15) is 0 Å². The minimum Gasteiger partial charge on any atom is -0.326 e. The van der Waals surface area contributed by atoms with E-state index in [0.29, 0.717) is 32.8 Å². The average molecular weight is 471 g/mol. The molecule has 0 aliphatic heterocycles. The number of fused-ring (bicyclic) bond motifs is 1. The summed E-state index contributed by atoms with van der Waals surface area (Å²) in [5, 5.41) is 3.67. The SMILES string of the molecule is CC(=O)N(c1ccc2scnc2c1)c1cc(NC(=O)Cc2c(Cl)cccc2Cl)ccn1. The van der Waals surface area contributed by atoms with Crippen LogP contribution >= 0.6 is 34.5 Å². The highest BCUT2D eigenvalue weighted by Crippen LogP contribution is 2.30. The molecule has 0 aliphatic rings. The molecule has 4 aromatic rings. The van der Waals surface area contributed by atoms with E-state index in [1.807, 2.05) is 18.2 Å². The molecule has 1 N–H and O–H groups in total. The Morgan fingerprint density at radius 3 is 2.58 bits per heavy atom. The first-order chi connectivity index (χ1) is 14.9. The summed E-state index contributed by atoms with van der Waals surface area (Å²) in [6, 6.07) is 14.0. The van der Waals surface area contributed by atoms with Crippen LogP contribution in [0, 0.1) is 0 Å². The molecule has 0 spiro atoms. The fourth-order valence-corrected chi connectivity index (χ4v) is 4.34. The lowest BCUT2D eigenvalue weighted by atomic mass is 10.1. The van der Waals surface area contributed by atoms with Crippen LogP contribution in [-0.4, -0.2) is 21.8 Å². The molecule has 2 heterocycles. The number of aromatic nitrogens is 2. The molecule has 31 heavy (non-hydrogen) atoms. The first-order valence-electron chi connectivity index (χ1n) is 9.25. The van der Waals surface area contributed by atoms with E-state index in [4.69, 9.17) is 23.2 Å². The second kappa shape index (κ2) is 9.01. The maximum atomic E-state index is 12.6. The summed E-state index contributed by atoms with van der Waals surface area (Å²) in [4.78, 5) is 35.1. The highest BCUT2D eigenvalue weighted by molar-refractivity contribution is 7.16. The van der Waals surface area contributed by atoms with E-state index in [1.54, 1.807) is 35.8 Å². The van der Waals surface area contributed by atoms with Gasteiger partial charge in [0.1, 0.15) is 5.82 Å². The quantitative estimate of drug-likeness (QED) is 0.396. The van der Waals surface area contributed by atoms with Gasteiger partial charge in [0.15, 0.2) is 0 Å². The second-order valence-electron chi connectivity index (χ2n) is 6.69. The fraction of sp³-hybridized carbons (Fsp3) is 0.0909. The molecule has 0 fully saturated rings. The Hall–Kier alpha value is -3.00. The summed E-state index contributed by atoms with van der Waals surface area (Å²) >= 11 is 13.8. The normalized spacial score (nSPS) is 10.8. The molecule has 2 aromatic carbocycles. The zero-order valence-electron chi connectivity index (χ0n) is 16.3. The highest BCUT2D eigenvalue weighted by Gasteiger charge is 2.18. The molecule has 0 bridgehead atoms. The Morgan fingerprint density at radius 1 is 1.06 bits per heavy atom. The number of carbonyl (C=O) groups excluding carboxylic acids is 2. The summed E-state index contributed by atoms with van der Waals surface area (Å²) in [6.07, 6.45) is 1.55. The average Bonchev–Trinajstić information content (AvgIpc) is 3.19. The Morgan fingerprint density at radius 2 is 1.84 bits per heavy atom. The van der Waals surface area contributed by atoms with Crippen LogP contribution in [0.3, 0.4) is 0 Å². The van der Waals surface area contributed by atoms with Crippen LogP contribution < -0.4 is 10.2 Å². The number of thiazole rings is 1. The molecular formula is C22H16Cl2N4O2S. The van der Waals surface area contributed by atoms with Crippen molar-refractivity contribution < 1.29 is 9.59 Å². The van der Waals surface area contributed by atoms with Gasteiger partial charge in [-0.25, -0.2) is 9.97 Å². The molecule has 0 radical (unpaired) electrons. The minimum absolute atomic E-state index is 0.0209. The van der Waals surface area contributed by atoms with Crippen molar-refractivity contribution >= 4 is 73.8 Å². The van der Waals surface area contributed by atoms with Crippen molar-refractivity contribution in [2.24, 2.45) is 0 Å². The molecule has 0 atom stereocenters. The highest BCUT2D eigenvalue weighted by atomic mass is 35.5. The molecule has 2 aromatic heterocycles. The van der Waals surface area contributed by atoms with Crippen LogP contribution in [0.1, 0.15) is 12.5 Å². The maximum absolute atomic E-state index is 12.6. The van der Waals surface area contributed by atoms with Crippen molar-refractivity contribution in [3.05, 3.63) is 75.8 Å². The molecule has 2 amide bonds. The van der Waals surface area contributed by atoms with Crippen molar-refractivity contribution in [2.75, 3.05) is 10.2 Å². The number of hydrogen-bond acceptors (Lipinski definition) is 5. The van der Waals surface area contributed by atoms with Crippen molar-refractivity contribution in [1.29, 1.82) is 0 Å². The van der Waals surface area contributed by atoms with Gasteiger partial charge in [-0.3, -0.25) is 14.5 Å². The van der Waals surface area contributed by atoms with Gasteiger partial charge in [0.2, 0.25) is 11.8 Å². The topological polar surface area (TPSA) is 75.2 Å². The third-order valence-electron chi connectivity index (χ3n) is 4.54. The van der Waals surface area contributed by atoms with Gasteiger partial charge >= 0.3 is 0 Å². The van der Waals surface area contributed by atoms with E-state index in [0.717, 1.165) is 10.2 Å². The van der Waals surface area contributed by atoms with Gasteiger partial charge in [0, 0.05) is 34.9 Å². The lowest BCUT2D eigenvalue weighted by Crippen LogP contribution is -2.24. The summed E-state index contributed by atoms with van der Waals surface area (Å²) < 4.78 is 1.03. The van der Waals surface area contributed by atoms with E-state index in [9.17, 15) is 9.59 Å². The Labute approximate surface area is 192 Å². The van der Waals surface area contributed by atoms with E-state index in [-0.39, 0.29) is 18.2 Å². The summed E-state index contributed by atoms with van der Waals surface area (Å²) in [5.41, 5.74) is 4.25. The van der Waals surface area contributed by atoms with E-state index >= 15 is 0 Å². The van der Waals surface area contributed by atoms with E-state index in [1.165, 1.54) is 29.4 Å². The Bertz CT molecular complexity index is 1270. The smallest absolute Gasteiger partial charge is 0.229 e. The van der Waals surface area contributed by atoms with Crippen LogP contribution in [0.4, 0.5) is 17.2 Å². The van der Waals surface area contributed by atoms with Gasteiger partial charge in [0.25, 0.3) is 0 Å². The third-order valence-corrected chi connectivity index (χ3v) is 6.06. The van der Waals surface area contributed by atoms with Crippen molar-refractivity contribution in [1.82, 2.24) is 9.97 Å². The fourth-order valence-electron chi connectivity index (χ4n) is 3.15. The summed E-state index contributed by atoms with van der Waals surface area (Å²) in [7, 11) is 0. The van der Waals surface area contributed by atoms with Crippen molar-refractivity contribution in [2.45, 2.75) is 13.3 Å². The molecule has 0 saturated carbocycles. The number of carbonyl (C=O) groups is 2. The molecule has 0 saturated heterocycles. The summed E-state index contributed by atoms with van der Waals surface area (Å²) in [6.45, 7) is 1.46. The molecule has 0 aliphatic carbocycles. The third kappa shape index (κ3) is 4.69. The van der Waals surface area contributed by atoms with Gasteiger partial charge in [-0.05, 0) is 42.0 Å². The Balaban J connectivity index is 1.58. The van der Waals surface area contributed by atoms with Crippen LogP contribution in [0.15, 0.2) is 60.2 Å². The standard InChI is InChI=1S/C22H16Cl2N4O2S/c1-13(29)28(15-5-6-20-19(10-15)26-12-31-20)21-9-14(7-8-25-21)27-22(30)11-16-17(23)3-2-4-18(16)24/h2-10,12H,11H2,1H3,(H,25,27,30). The van der Waals surface area contributed by atoms with Crippen molar-refractivity contribution in [3.63, 3.8) is 0 Å². The molecular weight excluding hydrogens is 455 g/mol. The lowest BCUT2D eigenvalue weighted by Gasteiger charge is -2.21. The molecule has 9 heteroatoms.